The van der Waals surface area contributed by atoms with E-state index in [9.17, 15) is 13.2 Å². The summed E-state index contributed by atoms with van der Waals surface area (Å²) in [5, 5.41) is 2.83. The lowest BCUT2D eigenvalue weighted by Crippen LogP contribution is -2.29. The van der Waals surface area contributed by atoms with E-state index in [0.717, 1.165) is 50.0 Å². The van der Waals surface area contributed by atoms with Crippen LogP contribution in [0.25, 0.3) is 0 Å². The molecule has 0 aromatic carbocycles. The van der Waals surface area contributed by atoms with Crippen molar-refractivity contribution in [1.82, 2.24) is 19.9 Å². The quantitative estimate of drug-likeness (QED) is 0.930. The minimum absolute atomic E-state index is 0.109. The van der Waals surface area contributed by atoms with Crippen LogP contribution in [0.15, 0.2) is 30.7 Å². The molecule has 0 atom stereocenters. The van der Waals surface area contributed by atoms with Gasteiger partial charge < -0.3 is 10.2 Å². The van der Waals surface area contributed by atoms with Gasteiger partial charge in [-0.3, -0.25) is 0 Å². The minimum atomic E-state index is -4.40. The lowest BCUT2D eigenvalue weighted by Gasteiger charge is -2.28. The van der Waals surface area contributed by atoms with Crippen LogP contribution >= 0.6 is 0 Å². The van der Waals surface area contributed by atoms with Gasteiger partial charge in [-0.2, -0.15) is 13.2 Å². The number of rotatable bonds is 3. The zero-order chi connectivity index (χ0) is 17.2. The summed E-state index contributed by atoms with van der Waals surface area (Å²) in [5.74, 6) is 0.905. The zero-order valence-electron chi connectivity index (χ0n) is 13.2. The molecule has 8 heteroatoms. The summed E-state index contributed by atoms with van der Waals surface area (Å²) in [4.78, 5) is 14.6. The normalized spacial score (nSPS) is 17.0. The number of piperidine rings is 1. The maximum atomic E-state index is 12.8. The number of nitrogens with zero attached hydrogens (tertiary/aromatic N) is 4. The number of nitrogens with one attached hydrogen (secondary N) is 1. The Morgan fingerprint density at radius 2 is 1.79 bits per heavy atom. The van der Waals surface area contributed by atoms with E-state index >= 15 is 0 Å². The molecule has 0 radical (unpaired) electrons. The molecule has 3 heterocycles. The van der Waals surface area contributed by atoms with Gasteiger partial charge in [0.2, 0.25) is 0 Å². The van der Waals surface area contributed by atoms with Crippen LogP contribution in [0.1, 0.15) is 30.0 Å². The van der Waals surface area contributed by atoms with Crippen LogP contribution in [-0.2, 0) is 6.18 Å². The molecule has 2 aromatic heterocycles. The number of likely N-dealkylation sites (tertiary alicyclic amines) is 1. The van der Waals surface area contributed by atoms with E-state index in [-0.39, 0.29) is 5.82 Å². The van der Waals surface area contributed by atoms with Crippen molar-refractivity contribution in [1.29, 1.82) is 0 Å². The second kappa shape index (κ2) is 6.72. The van der Waals surface area contributed by atoms with E-state index in [1.165, 1.54) is 6.33 Å². The molecule has 0 spiro atoms. The molecule has 24 heavy (non-hydrogen) atoms. The topological polar surface area (TPSA) is 53.9 Å². The third-order valence-electron chi connectivity index (χ3n) is 4.17. The van der Waals surface area contributed by atoms with E-state index in [0.29, 0.717) is 11.7 Å². The molecule has 128 valence electrons. The molecule has 2 aromatic rings. The number of pyridine rings is 1. The van der Waals surface area contributed by atoms with Gasteiger partial charge in [-0.25, -0.2) is 15.0 Å². The van der Waals surface area contributed by atoms with Gasteiger partial charge in [0.25, 0.3) is 0 Å². The molecule has 1 aliphatic rings. The Labute approximate surface area is 138 Å². The average molecular weight is 337 g/mol. The average Bonchev–Trinajstić information content (AvgIpc) is 2.55. The predicted molar refractivity (Wildman–Crippen MR) is 84.0 cm³/mol. The highest BCUT2D eigenvalue weighted by Gasteiger charge is 2.30. The fourth-order valence-electron chi connectivity index (χ4n) is 2.77. The summed E-state index contributed by atoms with van der Waals surface area (Å²) in [6.07, 6.45) is 0.182. The fraction of sp³-hybridized carbons (Fsp3) is 0.438. The zero-order valence-corrected chi connectivity index (χ0v) is 13.2. The van der Waals surface area contributed by atoms with Crippen LogP contribution in [0.3, 0.4) is 0 Å². The second-order valence-corrected chi connectivity index (χ2v) is 5.96. The highest BCUT2D eigenvalue weighted by atomic mass is 19.4. The first kappa shape index (κ1) is 16.6. The summed E-state index contributed by atoms with van der Waals surface area (Å²) in [5.41, 5.74) is 0.164. The molecule has 5 nitrogen and oxygen atoms in total. The number of hydrogen-bond acceptors (Lipinski definition) is 5. The third kappa shape index (κ3) is 4.00. The number of halogens is 3. The Morgan fingerprint density at radius 1 is 1.08 bits per heavy atom. The Balaban J connectivity index is 1.75. The maximum Gasteiger partial charge on any atom is 0.416 e. The first-order valence-electron chi connectivity index (χ1n) is 7.72. The first-order valence-corrected chi connectivity index (χ1v) is 7.72. The molecule has 0 amide bonds. The predicted octanol–water partition coefficient (Wildman–Crippen LogP) is 3.44. The highest BCUT2D eigenvalue weighted by Crippen LogP contribution is 2.31. The molecule has 0 bridgehead atoms. The second-order valence-electron chi connectivity index (χ2n) is 5.96. The maximum absolute atomic E-state index is 12.8. The first-order chi connectivity index (χ1) is 11.4. The van der Waals surface area contributed by atoms with Gasteiger partial charge in [-0.1, -0.05) is 0 Å². The molecular formula is C16H18F3N5. The molecule has 0 aliphatic carbocycles. The van der Waals surface area contributed by atoms with E-state index in [1.807, 2.05) is 0 Å². The van der Waals surface area contributed by atoms with Crippen molar-refractivity contribution in [2.24, 2.45) is 0 Å². The van der Waals surface area contributed by atoms with Crippen molar-refractivity contribution in [2.45, 2.75) is 24.9 Å². The summed E-state index contributed by atoms with van der Waals surface area (Å²) < 4.78 is 38.3. The molecule has 1 N–H and O–H groups in total. The molecule has 0 saturated carbocycles. The van der Waals surface area contributed by atoms with Gasteiger partial charge in [-0.15, -0.1) is 0 Å². The lowest BCUT2D eigenvalue weighted by molar-refractivity contribution is -0.137. The van der Waals surface area contributed by atoms with Gasteiger partial charge >= 0.3 is 6.18 Å². The molecule has 1 aliphatic heterocycles. The molecular weight excluding hydrogens is 319 g/mol. The van der Waals surface area contributed by atoms with Crippen molar-refractivity contribution in [2.75, 3.05) is 25.5 Å². The van der Waals surface area contributed by atoms with Crippen LogP contribution < -0.4 is 5.32 Å². The number of anilines is 2. The molecule has 1 saturated heterocycles. The van der Waals surface area contributed by atoms with E-state index in [4.69, 9.17) is 0 Å². The Kier molecular flexibility index (Phi) is 4.66. The Morgan fingerprint density at radius 3 is 2.50 bits per heavy atom. The molecule has 0 unspecified atom stereocenters. The van der Waals surface area contributed by atoms with Crippen molar-refractivity contribution in [3.05, 3.63) is 42.0 Å². The van der Waals surface area contributed by atoms with Crippen molar-refractivity contribution >= 4 is 11.6 Å². The van der Waals surface area contributed by atoms with Crippen molar-refractivity contribution < 1.29 is 13.2 Å². The van der Waals surface area contributed by atoms with Crippen LogP contribution in [0.2, 0.25) is 0 Å². The summed E-state index contributed by atoms with van der Waals surface area (Å²) in [7, 11) is 2.09. The summed E-state index contributed by atoms with van der Waals surface area (Å²) >= 11 is 0. The van der Waals surface area contributed by atoms with Gasteiger partial charge in [0.05, 0.1) is 5.56 Å². The SMILES string of the molecule is CN1CCC(c2cc(Nc3cc(C(F)(F)F)ccn3)ncn2)CC1. The van der Waals surface area contributed by atoms with Crippen molar-refractivity contribution in [3.63, 3.8) is 0 Å². The Hall–Kier alpha value is -2.22. The minimum Gasteiger partial charge on any atom is -0.325 e. The van der Waals surface area contributed by atoms with E-state index in [2.05, 4.69) is 32.2 Å². The molecule has 3 rings (SSSR count). The van der Waals surface area contributed by atoms with Crippen LogP contribution in [0, 0.1) is 0 Å². The third-order valence-corrected chi connectivity index (χ3v) is 4.17. The van der Waals surface area contributed by atoms with Gasteiger partial charge in [0.15, 0.2) is 0 Å². The number of alkyl halides is 3. The number of aromatic nitrogens is 3. The van der Waals surface area contributed by atoms with Crippen LogP contribution in [0.5, 0.6) is 0 Å². The monoisotopic (exact) mass is 337 g/mol. The largest absolute Gasteiger partial charge is 0.416 e. The Bertz CT molecular complexity index is 696. The fourth-order valence-corrected chi connectivity index (χ4v) is 2.77. The van der Waals surface area contributed by atoms with E-state index in [1.54, 1.807) is 6.07 Å². The number of hydrogen-bond donors (Lipinski definition) is 1. The lowest BCUT2D eigenvalue weighted by atomic mass is 9.93. The van der Waals surface area contributed by atoms with Gasteiger partial charge in [0.1, 0.15) is 18.0 Å². The summed E-state index contributed by atoms with van der Waals surface area (Å²) in [6.45, 7) is 2.01. The van der Waals surface area contributed by atoms with Crippen LogP contribution in [0.4, 0.5) is 24.8 Å². The van der Waals surface area contributed by atoms with Crippen LogP contribution in [-0.4, -0.2) is 40.0 Å². The van der Waals surface area contributed by atoms with Gasteiger partial charge in [-0.05, 0) is 45.1 Å². The highest BCUT2D eigenvalue weighted by molar-refractivity contribution is 5.52. The van der Waals surface area contributed by atoms with E-state index < -0.39 is 11.7 Å². The smallest absolute Gasteiger partial charge is 0.325 e. The molecule has 1 fully saturated rings. The van der Waals surface area contributed by atoms with Crippen molar-refractivity contribution in [3.8, 4) is 0 Å². The summed E-state index contributed by atoms with van der Waals surface area (Å²) in [6, 6.07) is 3.70. The standard InChI is InChI=1S/C16H18F3N5/c1-24-6-3-11(4-7-24)13-9-15(22-10-21-13)23-14-8-12(2-5-20-14)16(17,18)19/h2,5,8-11H,3-4,6-7H2,1H3,(H,20,21,22,23). The van der Waals surface area contributed by atoms with Gasteiger partial charge in [0, 0.05) is 23.9 Å².